The van der Waals surface area contributed by atoms with Gasteiger partial charge in [0, 0.05) is 11.1 Å². The van der Waals surface area contributed by atoms with Gasteiger partial charge in [0.05, 0.1) is 5.56 Å². The van der Waals surface area contributed by atoms with E-state index in [4.69, 9.17) is 21.1 Å². The number of ether oxygens (including phenoxy) is 2. The largest absolute Gasteiger partial charge is 0.486 e. The minimum Gasteiger partial charge on any atom is -0.486 e. The van der Waals surface area contributed by atoms with Crippen molar-refractivity contribution in [2.24, 2.45) is 0 Å². The van der Waals surface area contributed by atoms with Crippen LogP contribution in [0.3, 0.4) is 0 Å². The Morgan fingerprint density at radius 3 is 2.54 bits per heavy atom. The molecule has 152 valence electrons. The molecule has 0 radical (unpaired) electrons. The molecule has 1 saturated heterocycles. The molecule has 0 saturated carbocycles. The fourth-order valence-corrected chi connectivity index (χ4v) is 3.38. The molecule has 2 aromatic rings. The van der Waals surface area contributed by atoms with Gasteiger partial charge in [0.1, 0.15) is 12.2 Å². The third-order valence-corrected chi connectivity index (χ3v) is 4.95. The standard InChI is InChI=1S/C21H23ClF3NO2/c1-2-18(14-4-3-5-15(12-14)21(23,24)25)28-19-7-6-16(22)13-20(19)27-17-8-10-26-11-9-17/h3-7,12-13,17-18,26H,2,8-11H2,1H3. The average molecular weight is 414 g/mol. The molecule has 28 heavy (non-hydrogen) atoms. The van der Waals surface area contributed by atoms with Crippen molar-refractivity contribution in [3.05, 3.63) is 58.6 Å². The normalized spacial score (nSPS) is 16.6. The van der Waals surface area contributed by atoms with Crippen molar-refractivity contribution in [3.63, 3.8) is 0 Å². The first-order chi connectivity index (χ1) is 13.4. The van der Waals surface area contributed by atoms with Gasteiger partial charge in [-0.3, -0.25) is 0 Å². The van der Waals surface area contributed by atoms with Gasteiger partial charge in [0.2, 0.25) is 0 Å². The van der Waals surface area contributed by atoms with Crippen LogP contribution in [0.4, 0.5) is 13.2 Å². The Bertz CT molecular complexity index is 791. The van der Waals surface area contributed by atoms with Crippen LogP contribution in [0, 0.1) is 0 Å². The van der Waals surface area contributed by atoms with Crippen LogP contribution >= 0.6 is 11.6 Å². The Hall–Kier alpha value is -1.92. The van der Waals surface area contributed by atoms with E-state index >= 15 is 0 Å². The maximum atomic E-state index is 13.1. The van der Waals surface area contributed by atoms with Crippen molar-refractivity contribution >= 4 is 11.6 Å². The first-order valence-electron chi connectivity index (χ1n) is 9.37. The summed E-state index contributed by atoms with van der Waals surface area (Å²) in [5.41, 5.74) is -0.213. The summed E-state index contributed by atoms with van der Waals surface area (Å²) in [5, 5.41) is 3.79. The zero-order valence-corrected chi connectivity index (χ0v) is 16.3. The van der Waals surface area contributed by atoms with Crippen molar-refractivity contribution in [2.75, 3.05) is 13.1 Å². The van der Waals surface area contributed by atoms with Crippen molar-refractivity contribution in [3.8, 4) is 11.5 Å². The summed E-state index contributed by atoms with van der Waals surface area (Å²) in [6.45, 7) is 3.63. The summed E-state index contributed by atoms with van der Waals surface area (Å²) < 4.78 is 51.3. The van der Waals surface area contributed by atoms with E-state index in [0.29, 0.717) is 28.5 Å². The molecule has 1 N–H and O–H groups in total. The molecule has 1 aliphatic heterocycles. The van der Waals surface area contributed by atoms with E-state index in [-0.39, 0.29) is 6.10 Å². The number of benzene rings is 2. The molecule has 1 aliphatic rings. The molecule has 3 nitrogen and oxygen atoms in total. The Balaban J connectivity index is 1.83. The Labute approximate surface area is 167 Å². The second-order valence-corrected chi connectivity index (χ2v) is 7.23. The molecule has 0 amide bonds. The molecule has 0 bridgehead atoms. The van der Waals surface area contributed by atoms with Gasteiger partial charge in [-0.1, -0.05) is 30.7 Å². The fraction of sp³-hybridized carbons (Fsp3) is 0.429. The van der Waals surface area contributed by atoms with E-state index in [1.165, 1.54) is 6.07 Å². The van der Waals surface area contributed by atoms with E-state index in [9.17, 15) is 13.2 Å². The summed E-state index contributed by atoms with van der Waals surface area (Å²) >= 11 is 6.12. The van der Waals surface area contributed by atoms with Crippen LogP contribution in [0.5, 0.6) is 11.5 Å². The third kappa shape index (κ3) is 5.32. The summed E-state index contributed by atoms with van der Waals surface area (Å²) in [7, 11) is 0. The van der Waals surface area contributed by atoms with Crippen LogP contribution in [0.15, 0.2) is 42.5 Å². The monoisotopic (exact) mass is 413 g/mol. The first kappa shape index (κ1) is 20.8. The van der Waals surface area contributed by atoms with Crippen molar-refractivity contribution in [2.45, 2.75) is 44.6 Å². The van der Waals surface area contributed by atoms with Crippen molar-refractivity contribution in [1.29, 1.82) is 0 Å². The second-order valence-electron chi connectivity index (χ2n) is 6.80. The van der Waals surface area contributed by atoms with Gasteiger partial charge in [-0.2, -0.15) is 13.2 Å². The van der Waals surface area contributed by atoms with Crippen molar-refractivity contribution < 1.29 is 22.6 Å². The Kier molecular flexibility index (Phi) is 6.73. The zero-order valence-electron chi connectivity index (χ0n) is 15.6. The smallest absolute Gasteiger partial charge is 0.416 e. The summed E-state index contributed by atoms with van der Waals surface area (Å²) in [6, 6.07) is 10.3. The minimum absolute atomic E-state index is 0.0516. The highest BCUT2D eigenvalue weighted by Crippen LogP contribution is 2.37. The summed E-state index contributed by atoms with van der Waals surface area (Å²) in [6.07, 6.45) is -2.61. The van der Waals surface area contributed by atoms with E-state index < -0.39 is 17.8 Å². The molecule has 7 heteroatoms. The van der Waals surface area contributed by atoms with E-state index in [2.05, 4.69) is 5.32 Å². The molecular weight excluding hydrogens is 391 g/mol. The van der Waals surface area contributed by atoms with Gasteiger partial charge < -0.3 is 14.8 Å². The van der Waals surface area contributed by atoms with Crippen LogP contribution in [0.1, 0.15) is 43.4 Å². The second kappa shape index (κ2) is 9.05. The lowest BCUT2D eigenvalue weighted by Gasteiger charge is -2.26. The molecule has 0 aliphatic carbocycles. The lowest BCUT2D eigenvalue weighted by molar-refractivity contribution is -0.137. The van der Waals surface area contributed by atoms with E-state index in [0.717, 1.165) is 38.1 Å². The molecule has 0 aromatic heterocycles. The van der Waals surface area contributed by atoms with Gasteiger partial charge in [-0.25, -0.2) is 0 Å². The van der Waals surface area contributed by atoms with Gasteiger partial charge >= 0.3 is 6.18 Å². The SMILES string of the molecule is CCC(Oc1ccc(Cl)cc1OC1CCNCC1)c1cccc(C(F)(F)F)c1. The highest BCUT2D eigenvalue weighted by Gasteiger charge is 2.31. The van der Waals surface area contributed by atoms with Crippen molar-refractivity contribution in [1.82, 2.24) is 5.32 Å². The highest BCUT2D eigenvalue weighted by molar-refractivity contribution is 6.30. The predicted molar refractivity (Wildman–Crippen MR) is 103 cm³/mol. The molecule has 0 spiro atoms. The fourth-order valence-electron chi connectivity index (χ4n) is 3.22. The summed E-state index contributed by atoms with van der Waals surface area (Å²) in [5.74, 6) is 0.997. The topological polar surface area (TPSA) is 30.5 Å². The number of hydrogen-bond acceptors (Lipinski definition) is 3. The quantitative estimate of drug-likeness (QED) is 0.628. The molecule has 3 rings (SSSR count). The minimum atomic E-state index is -4.39. The lowest BCUT2D eigenvalue weighted by Crippen LogP contribution is -2.34. The van der Waals surface area contributed by atoms with Gasteiger partial charge in [-0.05, 0) is 62.2 Å². The number of alkyl halides is 3. The number of piperidine rings is 1. The van der Waals surface area contributed by atoms with Gasteiger partial charge in [-0.15, -0.1) is 0 Å². The molecule has 2 aromatic carbocycles. The maximum Gasteiger partial charge on any atom is 0.416 e. The molecule has 1 unspecified atom stereocenters. The summed E-state index contributed by atoms with van der Waals surface area (Å²) in [4.78, 5) is 0. The predicted octanol–water partition coefficient (Wildman–Crippen LogP) is 6.02. The van der Waals surface area contributed by atoms with E-state index in [1.807, 2.05) is 6.92 Å². The van der Waals surface area contributed by atoms with Crippen LogP contribution < -0.4 is 14.8 Å². The van der Waals surface area contributed by atoms with Crippen LogP contribution in [-0.4, -0.2) is 19.2 Å². The third-order valence-electron chi connectivity index (χ3n) is 4.71. The van der Waals surface area contributed by atoms with Crippen LogP contribution in [-0.2, 0) is 6.18 Å². The molecular formula is C21H23ClF3NO2. The molecule has 1 atom stereocenters. The number of nitrogens with one attached hydrogen (secondary N) is 1. The zero-order chi connectivity index (χ0) is 20.1. The van der Waals surface area contributed by atoms with Crippen LogP contribution in [0.25, 0.3) is 0 Å². The van der Waals surface area contributed by atoms with Gasteiger partial charge in [0.25, 0.3) is 0 Å². The Morgan fingerprint density at radius 1 is 1.11 bits per heavy atom. The number of halogens is 4. The molecule has 1 heterocycles. The molecule has 1 fully saturated rings. The van der Waals surface area contributed by atoms with E-state index in [1.54, 1.807) is 24.3 Å². The number of rotatable bonds is 6. The number of hydrogen-bond donors (Lipinski definition) is 1. The lowest BCUT2D eigenvalue weighted by atomic mass is 10.0. The Morgan fingerprint density at radius 2 is 1.86 bits per heavy atom. The first-order valence-corrected chi connectivity index (χ1v) is 9.75. The van der Waals surface area contributed by atoms with Crippen LogP contribution in [0.2, 0.25) is 5.02 Å². The maximum absolute atomic E-state index is 13.1. The van der Waals surface area contributed by atoms with Gasteiger partial charge in [0.15, 0.2) is 11.5 Å². The highest BCUT2D eigenvalue weighted by atomic mass is 35.5. The average Bonchev–Trinajstić information content (AvgIpc) is 2.68.